The topological polar surface area (TPSA) is 92.1 Å². The number of nitriles is 1. The largest absolute Gasteiger partial charge is 0.449 e. The Hall–Kier alpha value is -3.24. The first kappa shape index (κ1) is 20.0. The maximum absolute atomic E-state index is 13.2. The number of rotatable bonds is 4. The van der Waals surface area contributed by atoms with Crippen molar-refractivity contribution in [3.05, 3.63) is 58.1 Å². The summed E-state index contributed by atoms with van der Waals surface area (Å²) in [4.78, 5) is 30.5. The average Bonchev–Trinajstić information content (AvgIpc) is 3.18. The van der Waals surface area contributed by atoms with Gasteiger partial charge in [-0.1, -0.05) is 25.1 Å². The molecule has 1 amide bonds. The average molecular weight is 420 g/mol. The van der Waals surface area contributed by atoms with Crippen LogP contribution in [0.2, 0.25) is 0 Å². The highest BCUT2D eigenvalue weighted by Crippen LogP contribution is 2.32. The zero-order valence-electron chi connectivity index (χ0n) is 16.8. The van der Waals surface area contributed by atoms with Gasteiger partial charge < -0.3 is 10.1 Å². The fraction of sp³-hybridized carbons (Fsp3) is 0.304. The van der Waals surface area contributed by atoms with Crippen LogP contribution in [0.5, 0.6) is 0 Å². The molecule has 0 spiro atoms. The van der Waals surface area contributed by atoms with Crippen molar-refractivity contribution in [3.8, 4) is 6.07 Å². The molecule has 2 atom stereocenters. The molecule has 0 saturated carbocycles. The lowest BCUT2D eigenvalue weighted by Crippen LogP contribution is -2.31. The highest BCUT2D eigenvalue weighted by molar-refractivity contribution is 7.14. The number of carbonyl (C=O) groups is 2. The molecule has 0 unspecified atom stereocenters. The summed E-state index contributed by atoms with van der Waals surface area (Å²) in [5, 5.41) is 14.7. The Morgan fingerprint density at radius 3 is 2.93 bits per heavy atom. The van der Waals surface area contributed by atoms with Crippen molar-refractivity contribution >= 4 is 39.1 Å². The van der Waals surface area contributed by atoms with Gasteiger partial charge in [-0.3, -0.25) is 9.78 Å². The van der Waals surface area contributed by atoms with Gasteiger partial charge in [-0.2, -0.15) is 5.26 Å². The summed E-state index contributed by atoms with van der Waals surface area (Å²) in [6.07, 6.45) is 1.62. The second-order valence-corrected chi connectivity index (χ2v) is 8.51. The van der Waals surface area contributed by atoms with Crippen LogP contribution in [0.15, 0.2) is 35.7 Å². The van der Waals surface area contributed by atoms with E-state index in [0.29, 0.717) is 22.0 Å². The highest BCUT2D eigenvalue weighted by Gasteiger charge is 2.28. The molecular weight excluding hydrogens is 398 g/mol. The number of esters is 1. The minimum Gasteiger partial charge on any atom is -0.449 e. The smallest absolute Gasteiger partial charge is 0.339 e. The molecular formula is C23H21N3O3S. The number of hydrogen-bond donors (Lipinski definition) is 1. The number of pyridine rings is 1. The summed E-state index contributed by atoms with van der Waals surface area (Å²) in [5.74, 6) is -0.535. The van der Waals surface area contributed by atoms with Crippen LogP contribution in [0.4, 0.5) is 5.00 Å². The number of amides is 1. The van der Waals surface area contributed by atoms with Crippen LogP contribution in [-0.4, -0.2) is 23.0 Å². The van der Waals surface area contributed by atoms with Crippen LogP contribution < -0.4 is 5.32 Å². The molecule has 0 radical (unpaired) electrons. The quantitative estimate of drug-likeness (QED) is 0.630. The fourth-order valence-corrected chi connectivity index (χ4v) is 4.52. The first-order chi connectivity index (χ1) is 14.5. The third-order valence-corrected chi connectivity index (χ3v) is 6.21. The summed E-state index contributed by atoms with van der Waals surface area (Å²) >= 11 is 1.25. The summed E-state index contributed by atoms with van der Waals surface area (Å²) in [6, 6.07) is 11.2. The Kier molecular flexibility index (Phi) is 5.51. The van der Waals surface area contributed by atoms with Crippen molar-refractivity contribution in [3.63, 3.8) is 0 Å². The minimum atomic E-state index is -1.00. The van der Waals surface area contributed by atoms with Crippen molar-refractivity contribution in [2.75, 3.05) is 5.32 Å². The number of aryl methyl sites for hydroxylation is 1. The standard InChI is InChI=1S/C23H21N3O3S/c1-13-7-8-19-17(11-13)20(16-5-3-4-6-18(16)25-19)23(28)29-14(2)21(27)26-22-15(12-24)9-10-30-22/h3-6,9-10,13-14H,7-8,11H2,1-2H3,(H,26,27)/t13-,14+/m1/s1. The number of thiophene rings is 1. The van der Waals surface area contributed by atoms with Gasteiger partial charge in [0.05, 0.1) is 16.6 Å². The van der Waals surface area contributed by atoms with Gasteiger partial charge in [0, 0.05) is 11.1 Å². The first-order valence-electron chi connectivity index (χ1n) is 9.88. The SMILES string of the molecule is C[C@@H]1CCc2nc3ccccc3c(C(=O)O[C@@H](C)C(=O)Nc3sccc3C#N)c2C1. The first-order valence-corrected chi connectivity index (χ1v) is 10.8. The summed E-state index contributed by atoms with van der Waals surface area (Å²) in [7, 11) is 0. The predicted octanol–water partition coefficient (Wildman–Crippen LogP) is 4.48. The predicted molar refractivity (Wildman–Crippen MR) is 115 cm³/mol. The van der Waals surface area contributed by atoms with Crippen LogP contribution in [0.25, 0.3) is 10.9 Å². The molecule has 1 aliphatic carbocycles. The lowest BCUT2D eigenvalue weighted by Gasteiger charge is -2.24. The van der Waals surface area contributed by atoms with Gasteiger partial charge in [0.25, 0.3) is 5.91 Å². The van der Waals surface area contributed by atoms with Gasteiger partial charge >= 0.3 is 5.97 Å². The Morgan fingerprint density at radius 2 is 2.13 bits per heavy atom. The number of benzene rings is 1. The van der Waals surface area contributed by atoms with E-state index >= 15 is 0 Å². The van der Waals surface area contributed by atoms with Crippen LogP contribution in [0.3, 0.4) is 0 Å². The van der Waals surface area contributed by atoms with Crippen LogP contribution >= 0.6 is 11.3 Å². The van der Waals surface area contributed by atoms with E-state index in [4.69, 9.17) is 15.0 Å². The molecule has 1 N–H and O–H groups in total. The van der Waals surface area contributed by atoms with E-state index < -0.39 is 18.0 Å². The van der Waals surface area contributed by atoms with Crippen LogP contribution in [0.1, 0.15) is 47.4 Å². The van der Waals surface area contributed by atoms with Gasteiger partial charge in [0.15, 0.2) is 6.10 Å². The van der Waals surface area contributed by atoms with Crippen molar-refractivity contribution in [1.29, 1.82) is 5.26 Å². The van der Waals surface area contributed by atoms with Crippen LogP contribution in [0, 0.1) is 17.2 Å². The Bertz CT molecular complexity index is 1180. The van der Waals surface area contributed by atoms with Crippen molar-refractivity contribution in [2.24, 2.45) is 5.92 Å². The molecule has 2 aromatic heterocycles. The summed E-state index contributed by atoms with van der Waals surface area (Å²) in [6.45, 7) is 3.70. The zero-order valence-corrected chi connectivity index (χ0v) is 17.6. The molecule has 1 aliphatic rings. The van der Waals surface area contributed by atoms with Crippen molar-refractivity contribution < 1.29 is 14.3 Å². The maximum Gasteiger partial charge on any atom is 0.339 e. The lowest BCUT2D eigenvalue weighted by molar-refractivity contribution is -0.123. The van der Waals surface area contributed by atoms with E-state index in [0.717, 1.165) is 41.4 Å². The molecule has 0 aliphatic heterocycles. The second-order valence-electron chi connectivity index (χ2n) is 7.59. The summed E-state index contributed by atoms with van der Waals surface area (Å²) < 4.78 is 5.57. The number of nitrogens with zero attached hydrogens (tertiary/aromatic N) is 2. The van der Waals surface area contributed by atoms with Crippen molar-refractivity contribution in [2.45, 2.75) is 39.2 Å². The molecule has 4 rings (SSSR count). The monoisotopic (exact) mass is 419 g/mol. The Balaban J connectivity index is 1.62. The number of nitrogens with one attached hydrogen (secondary N) is 1. The number of hydrogen-bond acceptors (Lipinski definition) is 6. The molecule has 0 fully saturated rings. The van der Waals surface area contributed by atoms with E-state index in [-0.39, 0.29) is 0 Å². The van der Waals surface area contributed by atoms with E-state index in [1.807, 2.05) is 30.3 Å². The number of para-hydroxylation sites is 1. The number of carbonyl (C=O) groups excluding carboxylic acids is 2. The minimum absolute atomic E-state index is 0.384. The normalized spacial score (nSPS) is 16.4. The molecule has 6 nitrogen and oxygen atoms in total. The van der Waals surface area contributed by atoms with E-state index in [1.54, 1.807) is 11.4 Å². The third-order valence-electron chi connectivity index (χ3n) is 5.39. The molecule has 7 heteroatoms. The van der Waals surface area contributed by atoms with E-state index in [2.05, 4.69) is 12.2 Å². The van der Waals surface area contributed by atoms with E-state index in [1.165, 1.54) is 18.3 Å². The van der Waals surface area contributed by atoms with Crippen LogP contribution in [-0.2, 0) is 22.4 Å². The molecule has 152 valence electrons. The number of anilines is 1. The second kappa shape index (κ2) is 8.25. The number of aromatic nitrogens is 1. The number of fused-ring (bicyclic) bond motifs is 2. The molecule has 30 heavy (non-hydrogen) atoms. The Morgan fingerprint density at radius 1 is 1.33 bits per heavy atom. The molecule has 0 saturated heterocycles. The fourth-order valence-electron chi connectivity index (χ4n) is 3.78. The maximum atomic E-state index is 13.2. The van der Waals surface area contributed by atoms with Gasteiger partial charge in [0.2, 0.25) is 0 Å². The number of ether oxygens (including phenoxy) is 1. The van der Waals surface area contributed by atoms with Gasteiger partial charge in [-0.15, -0.1) is 11.3 Å². The Labute approximate surface area is 178 Å². The highest BCUT2D eigenvalue weighted by atomic mass is 32.1. The zero-order chi connectivity index (χ0) is 21.3. The lowest BCUT2D eigenvalue weighted by atomic mass is 9.84. The van der Waals surface area contributed by atoms with Gasteiger partial charge in [-0.25, -0.2) is 4.79 Å². The third kappa shape index (κ3) is 3.79. The molecule has 0 bridgehead atoms. The molecule has 1 aromatic carbocycles. The van der Waals surface area contributed by atoms with E-state index in [9.17, 15) is 9.59 Å². The van der Waals surface area contributed by atoms with Crippen molar-refractivity contribution in [1.82, 2.24) is 4.98 Å². The van der Waals surface area contributed by atoms with Gasteiger partial charge in [-0.05, 0) is 55.2 Å². The molecule has 3 aromatic rings. The molecule has 2 heterocycles. The van der Waals surface area contributed by atoms with Gasteiger partial charge in [0.1, 0.15) is 11.1 Å². The summed E-state index contributed by atoms with van der Waals surface area (Å²) in [5.41, 5.74) is 3.51.